The highest BCUT2D eigenvalue weighted by Crippen LogP contribution is 2.28. The van der Waals surface area contributed by atoms with E-state index in [0.717, 1.165) is 49.5 Å². The molecule has 4 heterocycles. The average molecular weight is 434 g/mol. The van der Waals surface area contributed by atoms with E-state index in [1.807, 2.05) is 13.1 Å². The summed E-state index contributed by atoms with van der Waals surface area (Å²) in [6.07, 6.45) is 10.2. The van der Waals surface area contributed by atoms with Crippen LogP contribution in [-0.2, 0) is 13.5 Å². The quantitative estimate of drug-likeness (QED) is 0.724. The van der Waals surface area contributed by atoms with E-state index < -0.39 is 0 Å². The predicted octanol–water partition coefficient (Wildman–Crippen LogP) is 2.69. The van der Waals surface area contributed by atoms with Gasteiger partial charge in [-0.3, -0.25) is 14.7 Å². The van der Waals surface area contributed by atoms with Crippen LogP contribution in [0.2, 0.25) is 0 Å². The number of aryl methyl sites for hydroxylation is 1. The van der Waals surface area contributed by atoms with Gasteiger partial charge in [-0.15, -0.1) is 0 Å². The third-order valence-electron chi connectivity index (χ3n) is 6.67. The average Bonchev–Trinajstić information content (AvgIpc) is 3.09. The molecule has 8 nitrogen and oxygen atoms in total. The molecule has 2 atom stereocenters. The van der Waals surface area contributed by atoms with E-state index in [1.54, 1.807) is 28.5 Å². The number of anilines is 1. The second-order valence-corrected chi connectivity index (χ2v) is 8.62. The number of nitrogens with zero attached hydrogens (tertiary/aromatic N) is 7. The van der Waals surface area contributed by atoms with Crippen molar-refractivity contribution < 1.29 is 0 Å². The zero-order valence-corrected chi connectivity index (χ0v) is 19.3. The van der Waals surface area contributed by atoms with Crippen LogP contribution in [0.3, 0.4) is 0 Å². The molecular formula is C24H31N7O. The molecule has 168 valence electrons. The number of fused-ring (bicyclic) bond motifs is 1. The van der Waals surface area contributed by atoms with Gasteiger partial charge in [0.05, 0.1) is 30.1 Å². The maximum Gasteiger partial charge on any atom is 0.267 e. The third kappa shape index (κ3) is 4.13. The van der Waals surface area contributed by atoms with Gasteiger partial charge in [0.1, 0.15) is 0 Å². The molecule has 2 aromatic heterocycles. The summed E-state index contributed by atoms with van der Waals surface area (Å²) in [5, 5.41) is 9.09. The Morgan fingerprint density at radius 3 is 2.88 bits per heavy atom. The molecule has 0 amide bonds. The molecule has 0 bridgehead atoms. The SMILES string of the molecule is CCC1CN(C(C)C2=CC=C(C)N=CC2)CCN1c1cc(=O)n(C)n2cc(CC#N)nc12. The summed E-state index contributed by atoms with van der Waals surface area (Å²) in [5.74, 6) is 0. The second-order valence-electron chi connectivity index (χ2n) is 8.62. The van der Waals surface area contributed by atoms with Gasteiger partial charge in [0, 0.05) is 63.2 Å². The van der Waals surface area contributed by atoms with Crippen LogP contribution < -0.4 is 10.5 Å². The molecule has 32 heavy (non-hydrogen) atoms. The Morgan fingerprint density at radius 1 is 1.31 bits per heavy atom. The maximum atomic E-state index is 12.7. The van der Waals surface area contributed by atoms with Crippen LogP contribution in [-0.4, -0.2) is 57.0 Å². The minimum absolute atomic E-state index is 0.0795. The molecule has 2 aliphatic heterocycles. The molecule has 2 aliphatic rings. The Hall–Kier alpha value is -3.18. The van der Waals surface area contributed by atoms with Crippen LogP contribution >= 0.6 is 0 Å². The molecular weight excluding hydrogens is 402 g/mol. The first-order chi connectivity index (χ1) is 15.4. The van der Waals surface area contributed by atoms with E-state index in [4.69, 9.17) is 5.26 Å². The van der Waals surface area contributed by atoms with Gasteiger partial charge in [-0.05, 0) is 31.9 Å². The van der Waals surface area contributed by atoms with Crippen molar-refractivity contribution in [2.24, 2.45) is 12.0 Å². The fourth-order valence-electron chi connectivity index (χ4n) is 4.66. The van der Waals surface area contributed by atoms with Gasteiger partial charge in [0.2, 0.25) is 0 Å². The zero-order chi connectivity index (χ0) is 22.8. The lowest BCUT2D eigenvalue weighted by Crippen LogP contribution is -2.56. The monoisotopic (exact) mass is 433 g/mol. The van der Waals surface area contributed by atoms with Gasteiger partial charge in [-0.1, -0.05) is 13.0 Å². The molecule has 4 rings (SSSR count). The van der Waals surface area contributed by atoms with Crippen molar-refractivity contribution in [1.82, 2.24) is 19.1 Å². The van der Waals surface area contributed by atoms with E-state index in [9.17, 15) is 4.79 Å². The summed E-state index contributed by atoms with van der Waals surface area (Å²) < 4.78 is 3.32. The Morgan fingerprint density at radius 2 is 2.12 bits per heavy atom. The fraction of sp³-hybridized carbons (Fsp3) is 0.500. The van der Waals surface area contributed by atoms with E-state index in [0.29, 0.717) is 11.7 Å². The summed E-state index contributed by atoms with van der Waals surface area (Å²) in [4.78, 5) is 26.7. The second kappa shape index (κ2) is 9.13. The number of allylic oxidation sites excluding steroid dienone is 3. The number of hydrogen-bond donors (Lipinski definition) is 0. The van der Waals surface area contributed by atoms with Crippen molar-refractivity contribution in [1.29, 1.82) is 5.26 Å². The number of imidazole rings is 1. The first kappa shape index (κ1) is 22.0. The van der Waals surface area contributed by atoms with E-state index in [2.05, 4.69) is 51.8 Å². The minimum atomic E-state index is -0.0795. The molecule has 0 spiro atoms. The Kier molecular flexibility index (Phi) is 6.28. The van der Waals surface area contributed by atoms with Crippen molar-refractivity contribution in [3.8, 4) is 6.07 Å². The van der Waals surface area contributed by atoms with Gasteiger partial charge in [0.25, 0.3) is 5.56 Å². The highest BCUT2D eigenvalue weighted by atomic mass is 16.1. The standard InChI is InChI=1S/C24H31N7O/c1-5-21-16-29(18(3)19-7-6-17(2)26-11-9-19)12-13-30(21)22-14-23(32)28(4)31-15-20(8-10-25)27-24(22)31/h6-7,11,14-15,18,21H,5,8-9,12-13,16H2,1-4H3. The normalized spacial score (nSPS) is 20.6. The lowest BCUT2D eigenvalue weighted by atomic mass is 10.00. The fourth-order valence-corrected chi connectivity index (χ4v) is 4.66. The zero-order valence-electron chi connectivity index (χ0n) is 19.3. The van der Waals surface area contributed by atoms with Crippen molar-refractivity contribution in [2.75, 3.05) is 24.5 Å². The lowest BCUT2D eigenvalue weighted by molar-refractivity contribution is 0.186. The van der Waals surface area contributed by atoms with E-state index in [-0.39, 0.29) is 18.0 Å². The maximum absolute atomic E-state index is 12.7. The van der Waals surface area contributed by atoms with Crippen molar-refractivity contribution in [3.05, 3.63) is 51.7 Å². The number of rotatable bonds is 5. The first-order valence-corrected chi connectivity index (χ1v) is 11.3. The minimum Gasteiger partial charge on any atom is -0.363 e. The Labute approximate surface area is 188 Å². The summed E-state index contributed by atoms with van der Waals surface area (Å²) in [6.45, 7) is 9.14. The number of nitriles is 1. The van der Waals surface area contributed by atoms with Crippen LogP contribution in [0.4, 0.5) is 5.69 Å². The summed E-state index contributed by atoms with van der Waals surface area (Å²) >= 11 is 0. The van der Waals surface area contributed by atoms with Crippen molar-refractivity contribution >= 4 is 17.5 Å². The van der Waals surface area contributed by atoms with E-state index in [1.165, 1.54) is 5.57 Å². The van der Waals surface area contributed by atoms with Gasteiger partial charge >= 0.3 is 0 Å². The van der Waals surface area contributed by atoms with Gasteiger partial charge in [0.15, 0.2) is 5.65 Å². The number of hydrogen-bond acceptors (Lipinski definition) is 6. The van der Waals surface area contributed by atoms with Crippen LogP contribution in [0.15, 0.2) is 45.5 Å². The van der Waals surface area contributed by atoms with Gasteiger partial charge in [-0.2, -0.15) is 5.26 Å². The molecule has 0 aliphatic carbocycles. The molecule has 2 unspecified atom stereocenters. The molecule has 0 saturated carbocycles. The molecule has 0 N–H and O–H groups in total. The molecule has 2 aromatic rings. The van der Waals surface area contributed by atoms with Gasteiger partial charge in [-0.25, -0.2) is 14.2 Å². The van der Waals surface area contributed by atoms with Crippen LogP contribution in [0, 0.1) is 11.3 Å². The predicted molar refractivity (Wildman–Crippen MR) is 127 cm³/mol. The topological polar surface area (TPSA) is 81.9 Å². The van der Waals surface area contributed by atoms with Crippen LogP contribution in [0.5, 0.6) is 0 Å². The molecule has 0 aromatic carbocycles. The summed E-state index contributed by atoms with van der Waals surface area (Å²) in [6, 6.07) is 4.45. The lowest BCUT2D eigenvalue weighted by Gasteiger charge is -2.45. The van der Waals surface area contributed by atoms with Gasteiger partial charge < -0.3 is 4.90 Å². The van der Waals surface area contributed by atoms with Crippen molar-refractivity contribution in [3.63, 3.8) is 0 Å². The summed E-state index contributed by atoms with van der Waals surface area (Å²) in [7, 11) is 1.73. The highest BCUT2D eigenvalue weighted by Gasteiger charge is 2.31. The summed E-state index contributed by atoms with van der Waals surface area (Å²) in [5.41, 5.74) is 4.61. The first-order valence-electron chi connectivity index (χ1n) is 11.3. The largest absolute Gasteiger partial charge is 0.363 e. The number of piperazine rings is 1. The Balaban J connectivity index is 1.62. The number of aromatic nitrogens is 3. The van der Waals surface area contributed by atoms with E-state index >= 15 is 0 Å². The molecule has 8 heteroatoms. The Bertz CT molecular complexity index is 1190. The molecule has 1 saturated heterocycles. The smallest absolute Gasteiger partial charge is 0.267 e. The van der Waals surface area contributed by atoms with Crippen LogP contribution in [0.1, 0.15) is 39.3 Å². The molecule has 0 radical (unpaired) electrons. The highest BCUT2D eigenvalue weighted by molar-refractivity contribution is 5.69. The van der Waals surface area contributed by atoms with Crippen molar-refractivity contribution in [2.45, 2.75) is 52.1 Å². The molecule has 1 fully saturated rings. The third-order valence-corrected chi connectivity index (χ3v) is 6.67. The van der Waals surface area contributed by atoms with Crippen LogP contribution in [0.25, 0.3) is 5.65 Å². The number of aliphatic imine (C=N–C) groups is 1.